The minimum absolute atomic E-state index is 0.0303. The molecule has 1 saturated carbocycles. The van der Waals surface area contributed by atoms with Crippen molar-refractivity contribution in [3.63, 3.8) is 0 Å². The maximum atomic E-state index is 13.8. The Morgan fingerprint density at radius 2 is 2.00 bits per heavy atom. The van der Waals surface area contributed by atoms with E-state index in [9.17, 15) is 14.7 Å². The van der Waals surface area contributed by atoms with E-state index in [0.717, 1.165) is 24.2 Å². The van der Waals surface area contributed by atoms with Crippen LogP contribution in [0.25, 0.3) is 5.69 Å². The Bertz CT molecular complexity index is 1080. The molecule has 1 aromatic carbocycles. The van der Waals surface area contributed by atoms with Gasteiger partial charge in [-0.15, -0.1) is 0 Å². The number of aliphatic hydroxyl groups is 1. The van der Waals surface area contributed by atoms with E-state index in [0.29, 0.717) is 37.5 Å². The van der Waals surface area contributed by atoms with Gasteiger partial charge in [0.1, 0.15) is 0 Å². The number of allylic oxidation sites excluding steroid dienone is 1. The molecule has 1 aliphatic heterocycles. The van der Waals surface area contributed by atoms with Crippen LogP contribution in [0.3, 0.4) is 0 Å². The van der Waals surface area contributed by atoms with Gasteiger partial charge in [0.15, 0.2) is 5.76 Å². The second-order valence-electron chi connectivity index (χ2n) is 9.16. The van der Waals surface area contributed by atoms with Crippen molar-refractivity contribution in [1.82, 2.24) is 14.7 Å². The van der Waals surface area contributed by atoms with Crippen LogP contribution in [0, 0.1) is 18.8 Å². The highest BCUT2D eigenvalue weighted by Gasteiger charge is 2.41. The lowest BCUT2D eigenvalue weighted by Gasteiger charge is -2.36. The van der Waals surface area contributed by atoms with E-state index >= 15 is 0 Å². The van der Waals surface area contributed by atoms with E-state index in [1.807, 2.05) is 55.9 Å². The SMILES string of the molecule is CCO[C@@H]1OC(C(=O)NCC2CC2)=C[C@H](c2c(C)n(C)n(-c3ccccc3)c2=O)[C@@H]1CCCO. The van der Waals surface area contributed by atoms with Gasteiger partial charge in [-0.3, -0.25) is 14.3 Å². The second kappa shape index (κ2) is 10.6. The van der Waals surface area contributed by atoms with Gasteiger partial charge in [-0.2, -0.15) is 0 Å². The fourth-order valence-electron chi connectivity index (χ4n) is 4.72. The monoisotopic (exact) mass is 469 g/mol. The molecule has 8 heteroatoms. The second-order valence-corrected chi connectivity index (χ2v) is 9.16. The summed E-state index contributed by atoms with van der Waals surface area (Å²) >= 11 is 0. The number of aliphatic hydroxyl groups excluding tert-OH is 1. The van der Waals surface area contributed by atoms with Crippen LogP contribution >= 0.6 is 0 Å². The zero-order valence-corrected chi connectivity index (χ0v) is 20.2. The largest absolute Gasteiger partial charge is 0.459 e. The molecule has 1 fully saturated rings. The van der Waals surface area contributed by atoms with Crippen molar-refractivity contribution in [3.05, 3.63) is 63.8 Å². The molecule has 34 heavy (non-hydrogen) atoms. The molecular formula is C26H35N3O5. The van der Waals surface area contributed by atoms with E-state index in [1.54, 1.807) is 10.8 Å². The molecule has 0 radical (unpaired) electrons. The smallest absolute Gasteiger partial charge is 0.286 e. The quantitative estimate of drug-likeness (QED) is 0.558. The normalized spacial score (nSPS) is 22.2. The molecule has 1 aromatic heterocycles. The summed E-state index contributed by atoms with van der Waals surface area (Å²) in [6.07, 6.45) is 4.50. The van der Waals surface area contributed by atoms with Gasteiger partial charge >= 0.3 is 0 Å². The summed E-state index contributed by atoms with van der Waals surface area (Å²) in [5.74, 6) is -0.150. The van der Waals surface area contributed by atoms with E-state index in [2.05, 4.69) is 5.32 Å². The average Bonchev–Trinajstić information content (AvgIpc) is 3.64. The van der Waals surface area contributed by atoms with Crippen molar-refractivity contribution < 1.29 is 19.4 Å². The van der Waals surface area contributed by atoms with Gasteiger partial charge in [0.2, 0.25) is 6.29 Å². The first-order chi connectivity index (χ1) is 16.5. The number of hydrogen-bond acceptors (Lipinski definition) is 5. The average molecular weight is 470 g/mol. The first-order valence-electron chi connectivity index (χ1n) is 12.2. The Kier molecular flexibility index (Phi) is 7.58. The van der Waals surface area contributed by atoms with Crippen LogP contribution in [0.1, 0.15) is 49.8 Å². The number of ether oxygens (including phenoxy) is 2. The first kappa shape index (κ1) is 24.3. The molecule has 3 atom stereocenters. The molecule has 184 valence electrons. The van der Waals surface area contributed by atoms with E-state index < -0.39 is 6.29 Å². The van der Waals surface area contributed by atoms with Crippen molar-refractivity contribution in [1.29, 1.82) is 0 Å². The van der Waals surface area contributed by atoms with Crippen LogP contribution < -0.4 is 10.9 Å². The number of amides is 1. The van der Waals surface area contributed by atoms with Gasteiger partial charge in [0.25, 0.3) is 11.5 Å². The molecule has 0 bridgehead atoms. The number of para-hydroxylation sites is 1. The highest BCUT2D eigenvalue weighted by Crippen LogP contribution is 2.39. The standard InChI is InChI=1S/C26H35N3O5/c1-4-33-26-20(11-8-14-30)21(15-22(34-26)24(31)27-16-18-12-13-18)23-17(2)28(3)29(25(23)32)19-9-6-5-7-10-19/h5-7,9-10,15,18,20-21,26,30H,4,8,11-14,16H2,1-3H3,(H,27,31)/t20-,21-,26+/m0/s1. The number of nitrogens with zero attached hydrogens (tertiary/aromatic N) is 2. The predicted molar refractivity (Wildman–Crippen MR) is 129 cm³/mol. The van der Waals surface area contributed by atoms with Gasteiger partial charge in [0, 0.05) is 49.9 Å². The summed E-state index contributed by atoms with van der Waals surface area (Å²) in [4.78, 5) is 26.7. The molecule has 2 N–H and O–H groups in total. The lowest BCUT2D eigenvalue weighted by molar-refractivity contribution is -0.166. The summed E-state index contributed by atoms with van der Waals surface area (Å²) in [5, 5.41) is 12.5. The number of hydrogen-bond donors (Lipinski definition) is 2. The maximum Gasteiger partial charge on any atom is 0.286 e. The summed E-state index contributed by atoms with van der Waals surface area (Å²) in [5.41, 5.74) is 2.08. The van der Waals surface area contributed by atoms with Crippen molar-refractivity contribution in [2.24, 2.45) is 18.9 Å². The first-order valence-corrected chi connectivity index (χ1v) is 12.2. The zero-order valence-electron chi connectivity index (χ0n) is 20.2. The molecule has 1 aliphatic carbocycles. The fourth-order valence-corrected chi connectivity index (χ4v) is 4.72. The van der Waals surface area contributed by atoms with E-state index in [4.69, 9.17) is 9.47 Å². The molecule has 0 unspecified atom stereocenters. The Morgan fingerprint density at radius 1 is 1.26 bits per heavy atom. The molecule has 2 heterocycles. The van der Waals surface area contributed by atoms with Crippen LogP contribution in [0.2, 0.25) is 0 Å². The molecule has 8 nitrogen and oxygen atoms in total. The third-order valence-electron chi connectivity index (χ3n) is 6.82. The maximum absolute atomic E-state index is 13.8. The lowest BCUT2D eigenvalue weighted by Crippen LogP contribution is -2.40. The van der Waals surface area contributed by atoms with Crippen LogP contribution in [0.4, 0.5) is 0 Å². The van der Waals surface area contributed by atoms with Gasteiger partial charge in [-0.25, -0.2) is 4.68 Å². The molecule has 0 saturated heterocycles. The van der Waals surface area contributed by atoms with E-state index in [1.165, 1.54) is 0 Å². The minimum atomic E-state index is -0.683. The van der Waals surface area contributed by atoms with Crippen LogP contribution in [0.5, 0.6) is 0 Å². The fraction of sp³-hybridized carbons (Fsp3) is 0.538. The number of carbonyl (C=O) groups is 1. The predicted octanol–water partition coefficient (Wildman–Crippen LogP) is 2.76. The molecule has 2 aliphatic rings. The molecule has 0 spiro atoms. The number of benzene rings is 1. The Balaban J connectivity index is 1.78. The van der Waals surface area contributed by atoms with Gasteiger partial charge in [0.05, 0.1) is 5.69 Å². The number of aromatic nitrogens is 2. The van der Waals surface area contributed by atoms with Gasteiger partial charge in [-0.05, 0) is 63.7 Å². The summed E-state index contributed by atoms with van der Waals surface area (Å²) in [7, 11) is 1.86. The summed E-state index contributed by atoms with van der Waals surface area (Å²) in [6.45, 7) is 4.87. The van der Waals surface area contributed by atoms with Crippen LogP contribution in [-0.2, 0) is 21.3 Å². The van der Waals surface area contributed by atoms with Crippen LogP contribution in [-0.4, -0.2) is 46.4 Å². The van der Waals surface area contributed by atoms with Crippen molar-refractivity contribution in [2.45, 2.75) is 51.7 Å². The highest BCUT2D eigenvalue weighted by atomic mass is 16.7. The molecule has 2 aromatic rings. The Labute approximate surface area is 200 Å². The molecule has 1 amide bonds. The lowest BCUT2D eigenvalue weighted by atomic mass is 9.80. The topological polar surface area (TPSA) is 94.7 Å². The number of rotatable bonds is 10. The van der Waals surface area contributed by atoms with Crippen LogP contribution in [0.15, 0.2) is 47.0 Å². The number of nitrogens with one attached hydrogen (secondary N) is 1. The van der Waals surface area contributed by atoms with Gasteiger partial charge < -0.3 is 19.9 Å². The van der Waals surface area contributed by atoms with E-state index in [-0.39, 0.29) is 35.7 Å². The summed E-state index contributed by atoms with van der Waals surface area (Å²) in [6, 6.07) is 9.50. The van der Waals surface area contributed by atoms with Crippen molar-refractivity contribution in [2.75, 3.05) is 19.8 Å². The molecular weight excluding hydrogens is 434 g/mol. The summed E-state index contributed by atoms with van der Waals surface area (Å²) < 4.78 is 15.5. The van der Waals surface area contributed by atoms with Gasteiger partial charge in [-0.1, -0.05) is 18.2 Å². The number of carbonyl (C=O) groups excluding carboxylic acids is 1. The highest BCUT2D eigenvalue weighted by molar-refractivity contribution is 5.91. The van der Waals surface area contributed by atoms with Crippen molar-refractivity contribution >= 4 is 5.91 Å². The zero-order chi connectivity index (χ0) is 24.2. The third-order valence-corrected chi connectivity index (χ3v) is 6.82. The molecule has 4 rings (SSSR count). The minimum Gasteiger partial charge on any atom is -0.459 e. The third kappa shape index (κ3) is 4.98. The van der Waals surface area contributed by atoms with Crippen molar-refractivity contribution in [3.8, 4) is 5.69 Å². The Hall–Kier alpha value is -2.84. The Morgan fingerprint density at radius 3 is 2.65 bits per heavy atom.